The summed E-state index contributed by atoms with van der Waals surface area (Å²) in [7, 11) is 0. The fraction of sp³-hybridized carbons (Fsp3) is 0.455. The van der Waals surface area contributed by atoms with E-state index >= 15 is 0 Å². The predicted octanol–water partition coefficient (Wildman–Crippen LogP) is 2.44. The molecule has 1 atom stereocenters. The van der Waals surface area contributed by atoms with Gasteiger partial charge in [0, 0.05) is 6.04 Å². The molecule has 15 heavy (non-hydrogen) atoms. The minimum atomic E-state index is 0.0934. The molecular weight excluding hydrogens is 258 g/mol. The molecule has 0 spiro atoms. The maximum absolute atomic E-state index is 9.68. The molecule has 0 aliphatic heterocycles. The van der Waals surface area contributed by atoms with Crippen LogP contribution in [-0.4, -0.2) is 17.8 Å². The van der Waals surface area contributed by atoms with E-state index in [9.17, 15) is 5.11 Å². The van der Waals surface area contributed by atoms with Crippen LogP contribution in [-0.2, 0) is 6.42 Å². The summed E-state index contributed by atoms with van der Waals surface area (Å²) < 4.78 is 5.96. The number of halogens is 1. The molecule has 3 nitrogen and oxygen atoms in total. The van der Waals surface area contributed by atoms with E-state index in [0.717, 1.165) is 12.0 Å². The zero-order valence-corrected chi connectivity index (χ0v) is 10.5. The Morgan fingerprint density at radius 1 is 1.53 bits per heavy atom. The van der Waals surface area contributed by atoms with Crippen molar-refractivity contribution in [2.45, 2.75) is 26.3 Å². The fourth-order valence-electron chi connectivity index (χ4n) is 1.38. The minimum absolute atomic E-state index is 0.0934. The third-order valence-electron chi connectivity index (χ3n) is 1.95. The molecule has 1 aromatic rings. The van der Waals surface area contributed by atoms with Crippen LogP contribution in [0.2, 0.25) is 0 Å². The zero-order chi connectivity index (χ0) is 11.4. The van der Waals surface area contributed by atoms with Gasteiger partial charge in [0.2, 0.25) is 0 Å². The highest BCUT2D eigenvalue weighted by atomic mass is 79.9. The van der Waals surface area contributed by atoms with Crippen molar-refractivity contribution in [2.24, 2.45) is 5.73 Å². The third kappa shape index (κ3) is 3.39. The molecule has 0 radical (unpaired) electrons. The number of phenols is 1. The van der Waals surface area contributed by atoms with Crippen LogP contribution in [0.4, 0.5) is 0 Å². The lowest BCUT2D eigenvalue weighted by Gasteiger charge is -2.11. The number of hydrogen-bond acceptors (Lipinski definition) is 3. The third-order valence-corrected chi connectivity index (χ3v) is 2.55. The Morgan fingerprint density at radius 2 is 2.20 bits per heavy atom. The summed E-state index contributed by atoms with van der Waals surface area (Å²) >= 11 is 3.29. The van der Waals surface area contributed by atoms with E-state index in [0.29, 0.717) is 16.8 Å². The van der Waals surface area contributed by atoms with Crippen molar-refractivity contribution < 1.29 is 9.84 Å². The van der Waals surface area contributed by atoms with Crippen LogP contribution in [0.5, 0.6) is 11.5 Å². The molecule has 0 fully saturated rings. The quantitative estimate of drug-likeness (QED) is 0.886. The highest BCUT2D eigenvalue weighted by molar-refractivity contribution is 9.10. The van der Waals surface area contributed by atoms with E-state index in [1.54, 1.807) is 0 Å². The fourth-order valence-corrected chi connectivity index (χ4v) is 1.87. The standard InChI is InChI=1S/C11H16BrNO2/c1-3-15-10-6-8(4-7(2)13)5-9(12)11(10)14/h5-7,14H,3-4,13H2,1-2H3. The van der Waals surface area contributed by atoms with Crippen molar-refractivity contribution in [2.75, 3.05) is 6.61 Å². The van der Waals surface area contributed by atoms with Crippen molar-refractivity contribution in [1.29, 1.82) is 0 Å². The molecule has 0 heterocycles. The molecule has 0 aliphatic rings. The molecule has 1 aromatic carbocycles. The Bertz CT molecular complexity index is 340. The van der Waals surface area contributed by atoms with Crippen molar-refractivity contribution in [3.63, 3.8) is 0 Å². The van der Waals surface area contributed by atoms with Gasteiger partial charge in [-0.3, -0.25) is 0 Å². The number of hydrogen-bond donors (Lipinski definition) is 2. The molecule has 0 aromatic heterocycles. The van der Waals surface area contributed by atoms with Crippen molar-refractivity contribution in [1.82, 2.24) is 0 Å². The van der Waals surface area contributed by atoms with Gasteiger partial charge in [-0.25, -0.2) is 0 Å². The topological polar surface area (TPSA) is 55.5 Å². The molecule has 0 saturated carbocycles. The van der Waals surface area contributed by atoms with Crippen LogP contribution >= 0.6 is 15.9 Å². The summed E-state index contributed by atoms with van der Waals surface area (Å²) in [5.41, 5.74) is 6.77. The van der Waals surface area contributed by atoms with Gasteiger partial charge < -0.3 is 15.6 Å². The Kier molecular flexibility index (Phi) is 4.42. The van der Waals surface area contributed by atoms with E-state index in [1.165, 1.54) is 0 Å². The predicted molar refractivity (Wildman–Crippen MR) is 64.3 cm³/mol. The minimum Gasteiger partial charge on any atom is -0.503 e. The van der Waals surface area contributed by atoms with Gasteiger partial charge in [-0.1, -0.05) is 0 Å². The molecule has 1 unspecified atom stereocenters. The average Bonchev–Trinajstić information content (AvgIpc) is 2.12. The maximum atomic E-state index is 9.68. The summed E-state index contributed by atoms with van der Waals surface area (Å²) in [6.07, 6.45) is 0.763. The number of ether oxygens (including phenoxy) is 1. The molecule has 0 saturated heterocycles. The van der Waals surface area contributed by atoms with E-state index < -0.39 is 0 Å². The second-order valence-electron chi connectivity index (χ2n) is 3.54. The first-order valence-electron chi connectivity index (χ1n) is 4.94. The van der Waals surface area contributed by atoms with Gasteiger partial charge in [-0.15, -0.1) is 0 Å². The molecular formula is C11H16BrNO2. The monoisotopic (exact) mass is 273 g/mol. The molecule has 4 heteroatoms. The normalized spacial score (nSPS) is 12.5. The summed E-state index contributed by atoms with van der Waals surface area (Å²) in [5.74, 6) is 0.646. The largest absolute Gasteiger partial charge is 0.503 e. The summed E-state index contributed by atoms with van der Waals surface area (Å²) in [6, 6.07) is 3.78. The first-order valence-corrected chi connectivity index (χ1v) is 5.73. The van der Waals surface area contributed by atoms with Crippen molar-refractivity contribution in [3.8, 4) is 11.5 Å². The second kappa shape index (κ2) is 5.37. The number of phenolic OH excluding ortho intramolecular Hbond substituents is 1. The van der Waals surface area contributed by atoms with Gasteiger partial charge in [-0.05, 0) is 53.9 Å². The highest BCUT2D eigenvalue weighted by Gasteiger charge is 2.09. The Balaban J connectivity index is 3.00. The van der Waals surface area contributed by atoms with Crippen LogP contribution in [0.15, 0.2) is 16.6 Å². The molecule has 0 amide bonds. The van der Waals surface area contributed by atoms with Gasteiger partial charge in [0.15, 0.2) is 11.5 Å². The summed E-state index contributed by atoms with van der Waals surface area (Å²) in [5, 5.41) is 9.68. The van der Waals surface area contributed by atoms with Crippen LogP contribution in [0, 0.1) is 0 Å². The maximum Gasteiger partial charge on any atom is 0.172 e. The Morgan fingerprint density at radius 3 is 2.73 bits per heavy atom. The lowest BCUT2D eigenvalue weighted by atomic mass is 10.1. The molecule has 3 N–H and O–H groups in total. The van der Waals surface area contributed by atoms with Crippen molar-refractivity contribution >= 4 is 15.9 Å². The summed E-state index contributed by atoms with van der Waals surface area (Å²) in [4.78, 5) is 0. The molecule has 84 valence electrons. The SMILES string of the molecule is CCOc1cc(CC(C)N)cc(Br)c1O. The number of nitrogens with two attached hydrogens (primary N) is 1. The van der Waals surface area contributed by atoms with E-state index in [-0.39, 0.29) is 11.8 Å². The molecule has 0 bridgehead atoms. The van der Waals surface area contributed by atoms with Gasteiger partial charge in [0.1, 0.15) is 0 Å². The van der Waals surface area contributed by atoms with Gasteiger partial charge in [0.25, 0.3) is 0 Å². The highest BCUT2D eigenvalue weighted by Crippen LogP contribution is 2.35. The van der Waals surface area contributed by atoms with Gasteiger partial charge in [-0.2, -0.15) is 0 Å². The Labute approximate surface area is 98.4 Å². The van der Waals surface area contributed by atoms with Gasteiger partial charge in [0.05, 0.1) is 11.1 Å². The number of aromatic hydroxyl groups is 1. The molecule has 1 rings (SSSR count). The van der Waals surface area contributed by atoms with Gasteiger partial charge >= 0.3 is 0 Å². The Hall–Kier alpha value is -0.740. The van der Waals surface area contributed by atoms with E-state index in [2.05, 4.69) is 15.9 Å². The van der Waals surface area contributed by atoms with Crippen LogP contribution in [0.25, 0.3) is 0 Å². The van der Waals surface area contributed by atoms with E-state index in [4.69, 9.17) is 10.5 Å². The van der Waals surface area contributed by atoms with Crippen LogP contribution in [0.3, 0.4) is 0 Å². The second-order valence-corrected chi connectivity index (χ2v) is 4.39. The van der Waals surface area contributed by atoms with Crippen LogP contribution < -0.4 is 10.5 Å². The summed E-state index contributed by atoms with van der Waals surface area (Å²) in [6.45, 7) is 4.36. The number of rotatable bonds is 4. The smallest absolute Gasteiger partial charge is 0.172 e. The van der Waals surface area contributed by atoms with Crippen LogP contribution in [0.1, 0.15) is 19.4 Å². The first-order chi connectivity index (χ1) is 7.04. The molecule has 0 aliphatic carbocycles. The lowest BCUT2D eigenvalue weighted by molar-refractivity contribution is 0.317. The zero-order valence-electron chi connectivity index (χ0n) is 8.96. The first kappa shape index (κ1) is 12.3. The van der Waals surface area contributed by atoms with E-state index in [1.807, 2.05) is 26.0 Å². The average molecular weight is 274 g/mol. The van der Waals surface area contributed by atoms with Crippen molar-refractivity contribution in [3.05, 3.63) is 22.2 Å². The lowest BCUT2D eigenvalue weighted by Crippen LogP contribution is -2.17. The number of benzene rings is 1.